The van der Waals surface area contributed by atoms with Crippen molar-refractivity contribution in [3.63, 3.8) is 0 Å². The molecule has 2 rings (SSSR count). The quantitative estimate of drug-likeness (QED) is 0.727. The molecule has 0 radical (unpaired) electrons. The molecule has 0 aliphatic carbocycles. The smallest absolute Gasteiger partial charge is 0.260 e. The van der Waals surface area contributed by atoms with Crippen molar-refractivity contribution < 1.29 is 4.52 Å². The molecule has 0 spiro atoms. The first-order valence-electron chi connectivity index (χ1n) is 4.17. The third-order valence-corrected chi connectivity index (χ3v) is 1.88. The van der Waals surface area contributed by atoms with E-state index in [2.05, 4.69) is 10.1 Å². The molecule has 0 aliphatic rings. The van der Waals surface area contributed by atoms with Gasteiger partial charge >= 0.3 is 0 Å². The van der Waals surface area contributed by atoms with E-state index < -0.39 is 6.04 Å². The van der Waals surface area contributed by atoms with E-state index in [1.165, 1.54) is 0 Å². The monoisotopic (exact) mass is 190 g/mol. The van der Waals surface area contributed by atoms with Gasteiger partial charge in [-0.1, -0.05) is 30.3 Å². The Labute approximate surface area is 80.7 Å². The van der Waals surface area contributed by atoms with Gasteiger partial charge in [0, 0.05) is 0 Å². The van der Waals surface area contributed by atoms with Gasteiger partial charge in [0.15, 0.2) is 0 Å². The van der Waals surface area contributed by atoms with Gasteiger partial charge in [-0.25, -0.2) is 0 Å². The van der Waals surface area contributed by atoms with Crippen LogP contribution in [-0.2, 0) is 0 Å². The topological polar surface area (TPSA) is 91.0 Å². The Balaban J connectivity index is 2.29. The molecular formula is C9H10N4O. The van der Waals surface area contributed by atoms with Crippen molar-refractivity contribution in [2.45, 2.75) is 6.04 Å². The van der Waals surface area contributed by atoms with Crippen molar-refractivity contribution in [2.75, 3.05) is 5.73 Å². The molecule has 14 heavy (non-hydrogen) atoms. The number of nitrogens with zero attached hydrogens (tertiary/aromatic N) is 2. The number of nitrogen functional groups attached to an aromatic ring is 1. The predicted molar refractivity (Wildman–Crippen MR) is 51.2 cm³/mol. The minimum atomic E-state index is -0.416. The van der Waals surface area contributed by atoms with Crippen molar-refractivity contribution in [1.82, 2.24) is 10.1 Å². The fraction of sp³-hybridized carbons (Fsp3) is 0.111. The standard InChI is InChI=1S/C9H10N4O/c10-7(6-4-2-1-3-5-6)8-12-9(11)13-14-8/h1-5,7H,10H2,(H2,11,13)/t7-/m1/s1. The van der Waals surface area contributed by atoms with Crippen LogP contribution in [0.1, 0.15) is 17.5 Å². The molecule has 1 aromatic heterocycles. The van der Waals surface area contributed by atoms with E-state index in [4.69, 9.17) is 16.0 Å². The Kier molecular flexibility index (Phi) is 2.16. The average Bonchev–Trinajstić information content (AvgIpc) is 2.65. The minimum Gasteiger partial charge on any atom is -0.365 e. The van der Waals surface area contributed by atoms with Gasteiger partial charge < -0.3 is 16.0 Å². The van der Waals surface area contributed by atoms with Gasteiger partial charge in [-0.05, 0) is 10.7 Å². The molecule has 1 atom stereocenters. The van der Waals surface area contributed by atoms with Crippen LogP contribution in [0.15, 0.2) is 34.9 Å². The number of benzene rings is 1. The maximum atomic E-state index is 5.88. The van der Waals surface area contributed by atoms with E-state index >= 15 is 0 Å². The molecule has 0 bridgehead atoms. The summed E-state index contributed by atoms with van der Waals surface area (Å²) in [5.74, 6) is 0.431. The Morgan fingerprint density at radius 2 is 1.93 bits per heavy atom. The van der Waals surface area contributed by atoms with Crippen LogP contribution in [0, 0.1) is 0 Å². The molecule has 1 heterocycles. The molecule has 2 aromatic rings. The van der Waals surface area contributed by atoms with Gasteiger partial charge in [0.1, 0.15) is 6.04 Å². The van der Waals surface area contributed by atoms with Crippen LogP contribution >= 0.6 is 0 Å². The SMILES string of the molecule is Nc1noc([C@H](N)c2ccccc2)n1. The second-order valence-corrected chi connectivity index (χ2v) is 2.88. The third kappa shape index (κ3) is 1.57. The first kappa shape index (κ1) is 8.71. The van der Waals surface area contributed by atoms with E-state index in [1.54, 1.807) is 0 Å². The summed E-state index contributed by atoms with van der Waals surface area (Å²) >= 11 is 0. The molecule has 5 heteroatoms. The molecule has 1 aromatic carbocycles. The van der Waals surface area contributed by atoms with Gasteiger partial charge in [0.25, 0.3) is 5.95 Å². The second kappa shape index (κ2) is 3.47. The highest BCUT2D eigenvalue weighted by atomic mass is 16.5. The second-order valence-electron chi connectivity index (χ2n) is 2.88. The highest BCUT2D eigenvalue weighted by Gasteiger charge is 2.14. The van der Waals surface area contributed by atoms with Crippen LogP contribution in [0.5, 0.6) is 0 Å². The van der Waals surface area contributed by atoms with Crippen LogP contribution in [0.25, 0.3) is 0 Å². The molecule has 5 nitrogen and oxygen atoms in total. The summed E-state index contributed by atoms with van der Waals surface area (Å²) in [6, 6.07) is 9.08. The third-order valence-electron chi connectivity index (χ3n) is 1.88. The summed E-state index contributed by atoms with van der Waals surface area (Å²) in [6.45, 7) is 0. The van der Waals surface area contributed by atoms with Gasteiger partial charge in [-0.2, -0.15) is 4.98 Å². The molecule has 0 saturated carbocycles. The first-order chi connectivity index (χ1) is 6.77. The van der Waals surface area contributed by atoms with Gasteiger partial charge in [0.2, 0.25) is 5.89 Å². The Bertz CT molecular complexity index is 412. The molecule has 0 unspecified atom stereocenters. The number of hydrogen-bond donors (Lipinski definition) is 2. The summed E-state index contributed by atoms with van der Waals surface area (Å²) < 4.78 is 4.87. The van der Waals surface area contributed by atoms with Crippen molar-refractivity contribution in [3.8, 4) is 0 Å². The van der Waals surface area contributed by atoms with E-state index in [0.717, 1.165) is 5.56 Å². The van der Waals surface area contributed by atoms with Crippen molar-refractivity contribution in [2.24, 2.45) is 5.73 Å². The molecule has 72 valence electrons. The normalized spacial score (nSPS) is 12.6. The zero-order valence-corrected chi connectivity index (χ0v) is 7.42. The lowest BCUT2D eigenvalue weighted by atomic mass is 10.1. The van der Waals surface area contributed by atoms with Crippen LogP contribution in [-0.4, -0.2) is 10.1 Å². The maximum absolute atomic E-state index is 5.88. The van der Waals surface area contributed by atoms with E-state index in [0.29, 0.717) is 5.89 Å². The summed E-state index contributed by atoms with van der Waals surface area (Å²) in [5.41, 5.74) is 12.1. The zero-order valence-electron chi connectivity index (χ0n) is 7.42. The predicted octanol–water partition coefficient (Wildman–Crippen LogP) is 0.700. The van der Waals surface area contributed by atoms with Crippen LogP contribution in [0.3, 0.4) is 0 Å². The molecule has 0 saturated heterocycles. The molecule has 0 fully saturated rings. The Morgan fingerprint density at radius 1 is 1.21 bits per heavy atom. The summed E-state index contributed by atoms with van der Waals surface area (Å²) in [5, 5.41) is 3.47. The summed E-state index contributed by atoms with van der Waals surface area (Å²) in [6.07, 6.45) is 0. The number of rotatable bonds is 2. The summed E-state index contributed by atoms with van der Waals surface area (Å²) in [7, 11) is 0. The van der Waals surface area contributed by atoms with Crippen LogP contribution < -0.4 is 11.5 Å². The van der Waals surface area contributed by atoms with E-state index in [9.17, 15) is 0 Å². The largest absolute Gasteiger partial charge is 0.365 e. The minimum absolute atomic E-state index is 0.103. The number of hydrogen-bond acceptors (Lipinski definition) is 5. The van der Waals surface area contributed by atoms with Crippen molar-refractivity contribution in [3.05, 3.63) is 41.8 Å². The van der Waals surface area contributed by atoms with Crippen molar-refractivity contribution >= 4 is 5.95 Å². The van der Waals surface area contributed by atoms with Crippen molar-refractivity contribution in [1.29, 1.82) is 0 Å². The van der Waals surface area contributed by atoms with E-state index in [1.807, 2.05) is 30.3 Å². The average molecular weight is 190 g/mol. The lowest BCUT2D eigenvalue weighted by molar-refractivity contribution is 0.368. The number of anilines is 1. The zero-order chi connectivity index (χ0) is 9.97. The van der Waals surface area contributed by atoms with Crippen LogP contribution in [0.2, 0.25) is 0 Å². The van der Waals surface area contributed by atoms with Gasteiger partial charge in [-0.15, -0.1) is 0 Å². The first-order valence-corrected chi connectivity index (χ1v) is 4.17. The number of aromatic nitrogens is 2. The maximum Gasteiger partial charge on any atom is 0.260 e. The highest BCUT2D eigenvalue weighted by molar-refractivity contribution is 5.24. The number of nitrogens with two attached hydrogens (primary N) is 2. The Hall–Kier alpha value is -1.88. The van der Waals surface area contributed by atoms with Gasteiger partial charge in [-0.3, -0.25) is 0 Å². The van der Waals surface area contributed by atoms with Gasteiger partial charge in [0.05, 0.1) is 0 Å². The summed E-state index contributed by atoms with van der Waals surface area (Å²) in [4.78, 5) is 3.86. The lowest BCUT2D eigenvalue weighted by Gasteiger charge is -2.05. The molecule has 0 aliphatic heterocycles. The van der Waals surface area contributed by atoms with E-state index in [-0.39, 0.29) is 5.95 Å². The fourth-order valence-corrected chi connectivity index (χ4v) is 1.18. The Morgan fingerprint density at radius 3 is 2.50 bits per heavy atom. The highest BCUT2D eigenvalue weighted by Crippen LogP contribution is 2.17. The fourth-order valence-electron chi connectivity index (χ4n) is 1.18. The van der Waals surface area contributed by atoms with Crippen LogP contribution in [0.4, 0.5) is 5.95 Å². The molecular weight excluding hydrogens is 180 g/mol. The lowest BCUT2D eigenvalue weighted by Crippen LogP contribution is -2.12. The molecule has 4 N–H and O–H groups in total. The molecule has 0 amide bonds.